The molecule has 1 unspecified atom stereocenters. The molecule has 1 aliphatic heterocycles. The number of nitrogens with zero attached hydrogens (tertiary/aromatic N) is 2. The van der Waals surface area contributed by atoms with Gasteiger partial charge in [0, 0.05) is 17.7 Å². The van der Waals surface area contributed by atoms with Gasteiger partial charge in [0.1, 0.15) is 21.9 Å². The molecule has 0 bridgehead atoms. The Bertz CT molecular complexity index is 846. The Kier molecular flexibility index (Phi) is 3.67. The van der Waals surface area contributed by atoms with Crippen LogP contribution in [0.5, 0.6) is 0 Å². The minimum absolute atomic E-state index is 0.0142. The van der Waals surface area contributed by atoms with E-state index < -0.39 is 36.6 Å². The molecule has 2 N–H and O–H groups in total. The largest absolute Gasteiger partial charge is 0.386 e. The van der Waals surface area contributed by atoms with Crippen molar-refractivity contribution in [3.8, 4) is 0 Å². The van der Waals surface area contributed by atoms with Crippen molar-refractivity contribution in [2.45, 2.75) is 42.9 Å². The highest BCUT2D eigenvalue weighted by molar-refractivity contribution is 7.93. The van der Waals surface area contributed by atoms with Crippen molar-refractivity contribution in [3.63, 3.8) is 0 Å². The Morgan fingerprint density at radius 3 is 2.50 bits per heavy atom. The maximum atomic E-state index is 14.3. The summed E-state index contributed by atoms with van der Waals surface area (Å²) >= 11 is 0. The van der Waals surface area contributed by atoms with Crippen LogP contribution < -0.4 is 5.73 Å². The van der Waals surface area contributed by atoms with E-state index in [2.05, 4.69) is 4.99 Å². The molecule has 1 atom stereocenters. The molecule has 7 nitrogen and oxygen atoms in total. The van der Waals surface area contributed by atoms with Gasteiger partial charge in [-0.2, -0.15) is 0 Å². The van der Waals surface area contributed by atoms with Gasteiger partial charge in [0.15, 0.2) is 9.84 Å². The van der Waals surface area contributed by atoms with Crippen LogP contribution in [0.15, 0.2) is 23.2 Å². The van der Waals surface area contributed by atoms with Crippen molar-refractivity contribution in [1.82, 2.24) is 0 Å². The summed E-state index contributed by atoms with van der Waals surface area (Å²) in [6, 6.07) is 3.02. The lowest BCUT2D eigenvalue weighted by Gasteiger charge is -2.39. The quantitative estimate of drug-likeness (QED) is 0.644. The molecule has 1 aliphatic carbocycles. The lowest BCUT2D eigenvalue weighted by molar-refractivity contribution is -0.385. The second kappa shape index (κ2) is 5.23. The van der Waals surface area contributed by atoms with Crippen LogP contribution in [0.2, 0.25) is 0 Å². The van der Waals surface area contributed by atoms with Crippen molar-refractivity contribution in [1.29, 1.82) is 0 Å². The number of nitro groups is 1. The van der Waals surface area contributed by atoms with E-state index in [1.165, 1.54) is 6.92 Å². The molecule has 1 aromatic carbocycles. The minimum atomic E-state index is -3.67. The van der Waals surface area contributed by atoms with Gasteiger partial charge in [0.05, 0.1) is 10.7 Å². The highest BCUT2D eigenvalue weighted by Gasteiger charge is 2.56. The number of amidine groups is 1. The van der Waals surface area contributed by atoms with Gasteiger partial charge in [0.25, 0.3) is 5.69 Å². The average Bonchev–Trinajstić information content (AvgIpc) is 2.96. The highest BCUT2D eigenvalue weighted by Crippen LogP contribution is 2.45. The van der Waals surface area contributed by atoms with Crippen LogP contribution in [-0.4, -0.2) is 29.7 Å². The van der Waals surface area contributed by atoms with Gasteiger partial charge in [-0.25, -0.2) is 12.8 Å². The number of halogens is 1. The van der Waals surface area contributed by atoms with Gasteiger partial charge in [-0.1, -0.05) is 12.8 Å². The van der Waals surface area contributed by atoms with Gasteiger partial charge >= 0.3 is 0 Å². The van der Waals surface area contributed by atoms with Crippen molar-refractivity contribution >= 4 is 21.4 Å². The molecule has 1 saturated carbocycles. The Hall–Kier alpha value is -2.03. The van der Waals surface area contributed by atoms with Crippen LogP contribution in [0, 0.1) is 15.9 Å². The summed E-state index contributed by atoms with van der Waals surface area (Å²) in [5.74, 6) is -1.17. The van der Waals surface area contributed by atoms with Crippen molar-refractivity contribution in [2.24, 2.45) is 10.7 Å². The Morgan fingerprint density at radius 1 is 1.33 bits per heavy atom. The fourth-order valence-electron chi connectivity index (χ4n) is 3.76. The van der Waals surface area contributed by atoms with E-state index in [9.17, 15) is 22.9 Å². The fraction of sp³-hybridized carbons (Fsp3) is 0.533. The third-order valence-electron chi connectivity index (χ3n) is 5.05. The molecule has 3 rings (SSSR count). The predicted molar refractivity (Wildman–Crippen MR) is 87.0 cm³/mol. The van der Waals surface area contributed by atoms with Crippen LogP contribution in [0.4, 0.5) is 10.1 Å². The molecule has 1 aromatic rings. The standard InChI is InChI=1S/C15H18FN3O4S/c1-14(11-8-10(19(20)21)4-5-12(11)16)9-24(22,23)15(13(17)18-14)6-2-3-7-15/h4-5,8H,2-3,6-7,9H2,1H3,(H2,17,18). The van der Waals surface area contributed by atoms with Gasteiger partial charge in [0.2, 0.25) is 0 Å². The van der Waals surface area contributed by atoms with E-state index in [0.717, 1.165) is 31.0 Å². The fourth-order valence-corrected chi connectivity index (χ4v) is 6.27. The third kappa shape index (κ3) is 2.29. The van der Waals surface area contributed by atoms with Crippen molar-refractivity contribution < 1.29 is 17.7 Å². The van der Waals surface area contributed by atoms with E-state index in [4.69, 9.17) is 5.73 Å². The summed E-state index contributed by atoms with van der Waals surface area (Å²) in [6.07, 6.45) is 2.32. The van der Waals surface area contributed by atoms with Crippen LogP contribution in [0.1, 0.15) is 38.2 Å². The second-order valence-corrected chi connectivity index (χ2v) is 8.95. The summed E-state index contributed by atoms with van der Waals surface area (Å²) in [5.41, 5.74) is 4.10. The number of rotatable bonds is 2. The zero-order valence-electron chi connectivity index (χ0n) is 13.2. The number of aliphatic imine (C=N–C) groups is 1. The maximum Gasteiger partial charge on any atom is 0.270 e. The van der Waals surface area contributed by atoms with E-state index in [1.54, 1.807) is 0 Å². The molecule has 1 spiro atoms. The lowest BCUT2D eigenvalue weighted by Crippen LogP contribution is -2.56. The Balaban J connectivity index is 2.18. The molecule has 0 radical (unpaired) electrons. The molecule has 130 valence electrons. The number of sulfone groups is 1. The first kappa shape index (κ1) is 16.8. The molecule has 24 heavy (non-hydrogen) atoms. The predicted octanol–water partition coefficient (Wildman–Crippen LogP) is 2.05. The molecule has 2 aliphatic rings. The monoisotopic (exact) mass is 355 g/mol. The van der Waals surface area contributed by atoms with Crippen molar-refractivity contribution in [2.75, 3.05) is 5.75 Å². The number of nitro benzene ring substituents is 1. The van der Waals surface area contributed by atoms with Gasteiger partial charge in [-0.05, 0) is 25.8 Å². The number of benzene rings is 1. The smallest absolute Gasteiger partial charge is 0.270 e. The zero-order valence-corrected chi connectivity index (χ0v) is 14.0. The normalized spacial score (nSPS) is 27.8. The summed E-state index contributed by atoms with van der Waals surface area (Å²) in [5, 5.41) is 11.0. The first-order chi connectivity index (χ1) is 11.1. The van der Waals surface area contributed by atoms with E-state index >= 15 is 0 Å². The number of non-ortho nitro benzene ring substituents is 1. The molecule has 0 aromatic heterocycles. The van der Waals surface area contributed by atoms with E-state index in [-0.39, 0.29) is 17.1 Å². The first-order valence-corrected chi connectivity index (χ1v) is 9.29. The summed E-state index contributed by atoms with van der Waals surface area (Å²) < 4.78 is 39.0. The van der Waals surface area contributed by atoms with Crippen molar-refractivity contribution in [3.05, 3.63) is 39.7 Å². The van der Waals surface area contributed by atoms with Crippen LogP contribution in [0.3, 0.4) is 0 Å². The molecule has 0 saturated heterocycles. The SMILES string of the molecule is CC1(c2cc([N+](=O)[O-])ccc2F)CS(=O)(=O)C2(CCCC2)C(N)=N1. The molecular formula is C15H18FN3O4S. The van der Waals surface area contributed by atoms with Gasteiger partial charge in [-0.15, -0.1) is 0 Å². The molecule has 0 amide bonds. The van der Waals surface area contributed by atoms with Crippen LogP contribution in [-0.2, 0) is 15.4 Å². The average molecular weight is 355 g/mol. The first-order valence-electron chi connectivity index (χ1n) is 7.64. The number of nitrogens with two attached hydrogens (primary N) is 1. The topological polar surface area (TPSA) is 116 Å². The molecular weight excluding hydrogens is 337 g/mol. The van der Waals surface area contributed by atoms with E-state index in [0.29, 0.717) is 12.8 Å². The lowest BCUT2D eigenvalue weighted by atomic mass is 9.92. The van der Waals surface area contributed by atoms with Crippen LogP contribution >= 0.6 is 0 Å². The van der Waals surface area contributed by atoms with Gasteiger partial charge in [-0.3, -0.25) is 15.1 Å². The number of hydrogen-bond donors (Lipinski definition) is 1. The molecule has 9 heteroatoms. The highest BCUT2D eigenvalue weighted by atomic mass is 32.2. The summed E-state index contributed by atoms with van der Waals surface area (Å²) in [7, 11) is -3.67. The summed E-state index contributed by atoms with van der Waals surface area (Å²) in [6.45, 7) is 1.45. The maximum absolute atomic E-state index is 14.3. The van der Waals surface area contributed by atoms with E-state index in [1.807, 2.05) is 0 Å². The number of hydrogen-bond acceptors (Lipinski definition) is 6. The molecule has 1 heterocycles. The van der Waals surface area contributed by atoms with Gasteiger partial charge < -0.3 is 5.73 Å². The Morgan fingerprint density at radius 2 is 1.96 bits per heavy atom. The summed E-state index contributed by atoms with van der Waals surface area (Å²) in [4.78, 5) is 14.6. The minimum Gasteiger partial charge on any atom is -0.386 e. The zero-order chi connectivity index (χ0) is 17.8. The third-order valence-corrected chi connectivity index (χ3v) is 7.80. The Labute approximate surface area is 138 Å². The van der Waals surface area contributed by atoms with Crippen LogP contribution in [0.25, 0.3) is 0 Å². The second-order valence-electron chi connectivity index (χ2n) is 6.65. The molecule has 1 fully saturated rings.